The van der Waals surface area contributed by atoms with Gasteiger partial charge in [0.25, 0.3) is 11.8 Å². The van der Waals surface area contributed by atoms with Crippen LogP contribution in [-0.2, 0) is 4.74 Å². The summed E-state index contributed by atoms with van der Waals surface area (Å²) in [6.07, 6.45) is 5.39. The fourth-order valence-corrected chi connectivity index (χ4v) is 5.30. The third kappa shape index (κ3) is 3.83. The van der Waals surface area contributed by atoms with Crippen molar-refractivity contribution in [3.8, 4) is 0 Å². The van der Waals surface area contributed by atoms with E-state index in [0.29, 0.717) is 60.6 Å². The second kappa shape index (κ2) is 8.38. The van der Waals surface area contributed by atoms with Gasteiger partial charge in [0.1, 0.15) is 17.0 Å². The molecule has 162 valence electrons. The molecule has 0 aliphatic heterocycles. The highest BCUT2D eigenvalue weighted by atomic mass is 16.5. The molecule has 2 bridgehead atoms. The van der Waals surface area contributed by atoms with Gasteiger partial charge in [-0.15, -0.1) is 0 Å². The van der Waals surface area contributed by atoms with E-state index in [0.717, 1.165) is 5.92 Å². The summed E-state index contributed by atoms with van der Waals surface area (Å²) in [7, 11) is 0. The molecule has 0 aromatic carbocycles. The van der Waals surface area contributed by atoms with Crippen LogP contribution in [0.25, 0.3) is 5.65 Å². The number of rotatable bonds is 8. The molecular weight excluding hydrogens is 380 g/mol. The Morgan fingerprint density at radius 2 is 2.07 bits per heavy atom. The highest BCUT2D eigenvalue weighted by molar-refractivity contribution is 5.95. The lowest BCUT2D eigenvalue weighted by Gasteiger charge is -2.60. The van der Waals surface area contributed by atoms with E-state index in [1.54, 1.807) is 28.8 Å². The highest BCUT2D eigenvalue weighted by Crippen LogP contribution is 2.61. The van der Waals surface area contributed by atoms with Crippen molar-refractivity contribution in [1.82, 2.24) is 20.0 Å². The molecule has 3 aliphatic rings. The van der Waals surface area contributed by atoms with Crippen molar-refractivity contribution >= 4 is 17.5 Å². The summed E-state index contributed by atoms with van der Waals surface area (Å²) >= 11 is 0. The smallest absolute Gasteiger partial charge is 0.271 e. The van der Waals surface area contributed by atoms with E-state index < -0.39 is 0 Å². The molecule has 7 heteroatoms. The lowest BCUT2D eigenvalue weighted by molar-refractivity contribution is -0.103. The number of fused-ring (bicyclic) bond motifs is 3. The number of carbonyl (C=O) groups excluding carboxylic acids is 2. The van der Waals surface area contributed by atoms with Crippen molar-refractivity contribution in [3.63, 3.8) is 0 Å². The Bertz CT molecular complexity index is 934. The maximum atomic E-state index is 12.9. The largest absolute Gasteiger partial charge is 0.380 e. The van der Waals surface area contributed by atoms with Crippen molar-refractivity contribution < 1.29 is 14.3 Å². The van der Waals surface area contributed by atoms with E-state index in [4.69, 9.17) is 4.74 Å². The quantitative estimate of drug-likeness (QED) is 0.653. The van der Waals surface area contributed by atoms with Crippen LogP contribution in [0.15, 0.2) is 24.4 Å². The van der Waals surface area contributed by atoms with Gasteiger partial charge in [0.15, 0.2) is 0 Å². The van der Waals surface area contributed by atoms with Crippen molar-refractivity contribution in [2.24, 2.45) is 23.2 Å². The molecule has 0 radical (unpaired) electrons. The zero-order valence-electron chi connectivity index (χ0n) is 18.1. The van der Waals surface area contributed by atoms with E-state index in [1.807, 2.05) is 6.92 Å². The summed E-state index contributed by atoms with van der Waals surface area (Å²) in [4.78, 5) is 29.6. The number of nitrogens with one attached hydrogen (secondary N) is 2. The monoisotopic (exact) mass is 412 g/mol. The number of pyridine rings is 1. The maximum absolute atomic E-state index is 12.9. The fraction of sp³-hybridized carbons (Fsp3) is 0.609. The third-order valence-electron chi connectivity index (χ3n) is 7.22. The van der Waals surface area contributed by atoms with Gasteiger partial charge in [-0.05, 0) is 61.5 Å². The molecule has 2 heterocycles. The first kappa shape index (κ1) is 20.8. The zero-order chi connectivity index (χ0) is 21.3. The van der Waals surface area contributed by atoms with Gasteiger partial charge in [-0.3, -0.25) is 14.0 Å². The highest BCUT2D eigenvalue weighted by Gasteiger charge is 2.53. The summed E-state index contributed by atoms with van der Waals surface area (Å²) in [6, 6.07) is 5.37. The molecular formula is C23H32N4O3. The van der Waals surface area contributed by atoms with Gasteiger partial charge in [0, 0.05) is 25.9 Å². The zero-order valence-corrected chi connectivity index (χ0v) is 18.1. The molecule has 0 saturated heterocycles. The number of hydrogen-bond acceptors (Lipinski definition) is 4. The minimum Gasteiger partial charge on any atom is -0.380 e. The summed E-state index contributed by atoms with van der Waals surface area (Å²) < 4.78 is 6.93. The van der Waals surface area contributed by atoms with E-state index in [1.165, 1.54) is 19.3 Å². The Morgan fingerprint density at radius 3 is 2.80 bits per heavy atom. The first-order valence-electron chi connectivity index (χ1n) is 11.0. The molecule has 5 rings (SSSR count). The maximum Gasteiger partial charge on any atom is 0.271 e. The molecule has 3 fully saturated rings. The fourth-order valence-electron chi connectivity index (χ4n) is 5.30. The average molecular weight is 413 g/mol. The Balaban J connectivity index is 1.41. The van der Waals surface area contributed by atoms with Crippen LogP contribution >= 0.6 is 0 Å². The number of hydrogen-bond donors (Lipinski definition) is 2. The topological polar surface area (TPSA) is 84.7 Å². The molecule has 7 nitrogen and oxygen atoms in total. The average Bonchev–Trinajstić information content (AvgIpc) is 3.19. The molecule has 2 amide bonds. The molecule has 3 saturated carbocycles. The molecule has 2 N–H and O–H groups in total. The van der Waals surface area contributed by atoms with Crippen LogP contribution in [0.4, 0.5) is 0 Å². The molecule has 2 aromatic rings. The van der Waals surface area contributed by atoms with Crippen LogP contribution in [0, 0.1) is 23.2 Å². The first-order valence-corrected chi connectivity index (χ1v) is 11.0. The van der Waals surface area contributed by atoms with Gasteiger partial charge < -0.3 is 15.4 Å². The van der Waals surface area contributed by atoms with Crippen LogP contribution in [0.5, 0.6) is 0 Å². The number of amides is 2. The Morgan fingerprint density at radius 1 is 1.23 bits per heavy atom. The number of ether oxygens (including phenoxy) is 1. The van der Waals surface area contributed by atoms with Crippen molar-refractivity contribution in [2.75, 3.05) is 26.3 Å². The van der Waals surface area contributed by atoms with Gasteiger partial charge in [0.2, 0.25) is 0 Å². The van der Waals surface area contributed by atoms with Gasteiger partial charge in [-0.2, -0.15) is 0 Å². The van der Waals surface area contributed by atoms with E-state index in [-0.39, 0.29) is 11.8 Å². The lowest BCUT2D eigenvalue weighted by Crippen LogP contribution is -2.54. The van der Waals surface area contributed by atoms with Gasteiger partial charge in [-0.25, -0.2) is 4.98 Å². The Hall–Kier alpha value is -2.41. The minimum atomic E-state index is -0.270. The summed E-state index contributed by atoms with van der Waals surface area (Å²) in [5, 5.41) is 5.92. The SMILES string of the molecule is CCOCCNC(=O)c1cn2c(C(=O)NC[C@@H]3CC[C@H]4C[C@@H]3C4(C)C)cccc2n1. The third-order valence-corrected chi connectivity index (χ3v) is 7.22. The minimum absolute atomic E-state index is 0.124. The summed E-state index contributed by atoms with van der Waals surface area (Å²) in [5.41, 5.74) is 1.78. The van der Waals surface area contributed by atoms with Crippen LogP contribution in [0.1, 0.15) is 61.0 Å². The summed E-state index contributed by atoms with van der Waals surface area (Å²) in [5.74, 6) is 1.71. The Kier molecular flexibility index (Phi) is 5.82. The van der Waals surface area contributed by atoms with Crippen molar-refractivity contribution in [1.29, 1.82) is 0 Å². The van der Waals surface area contributed by atoms with Crippen molar-refractivity contribution in [2.45, 2.75) is 40.0 Å². The van der Waals surface area contributed by atoms with E-state index in [2.05, 4.69) is 29.5 Å². The summed E-state index contributed by atoms with van der Waals surface area (Å²) in [6.45, 7) is 8.85. The number of carbonyl (C=O) groups is 2. The second-order valence-corrected chi connectivity index (χ2v) is 9.13. The predicted molar refractivity (Wildman–Crippen MR) is 114 cm³/mol. The Labute approximate surface area is 177 Å². The standard InChI is InChI=1S/C23H32N4O3/c1-4-30-11-10-24-21(28)18-14-27-19(6-5-7-20(27)26-18)22(29)25-13-15-8-9-16-12-17(15)23(16,2)3/h5-7,14-17H,4,8-13H2,1-3H3,(H,24,28)(H,25,29)/t15-,16-,17-/m0/s1. The van der Waals surface area contributed by atoms with Gasteiger partial charge in [-0.1, -0.05) is 19.9 Å². The molecule has 3 atom stereocenters. The number of nitrogens with zero attached hydrogens (tertiary/aromatic N) is 2. The lowest BCUT2D eigenvalue weighted by atomic mass is 9.45. The normalized spacial score (nSPS) is 24.3. The van der Waals surface area contributed by atoms with Crippen LogP contribution in [0.2, 0.25) is 0 Å². The molecule has 3 aliphatic carbocycles. The van der Waals surface area contributed by atoms with Gasteiger partial charge in [0.05, 0.1) is 6.61 Å². The number of aromatic nitrogens is 2. The van der Waals surface area contributed by atoms with Crippen molar-refractivity contribution in [3.05, 3.63) is 35.8 Å². The molecule has 0 spiro atoms. The predicted octanol–water partition coefficient (Wildman–Crippen LogP) is 2.90. The second-order valence-electron chi connectivity index (χ2n) is 9.13. The first-order chi connectivity index (χ1) is 14.4. The van der Waals surface area contributed by atoms with E-state index in [9.17, 15) is 9.59 Å². The van der Waals surface area contributed by atoms with Gasteiger partial charge >= 0.3 is 0 Å². The number of imidazole rings is 1. The van der Waals surface area contributed by atoms with E-state index >= 15 is 0 Å². The van der Waals surface area contributed by atoms with Crippen LogP contribution in [-0.4, -0.2) is 47.5 Å². The molecule has 30 heavy (non-hydrogen) atoms. The molecule has 0 unspecified atom stereocenters. The van der Waals surface area contributed by atoms with Crippen LogP contribution < -0.4 is 10.6 Å². The molecule has 2 aromatic heterocycles. The van der Waals surface area contributed by atoms with Crippen LogP contribution in [0.3, 0.4) is 0 Å².